The lowest BCUT2D eigenvalue weighted by Crippen LogP contribution is -2.30. The number of nitrogens with zero attached hydrogens (tertiary/aromatic N) is 1. The van der Waals surface area contributed by atoms with E-state index in [1.54, 1.807) is 54.9 Å². The fraction of sp³-hybridized carbons (Fsp3) is 0.125. The van der Waals surface area contributed by atoms with Crippen molar-refractivity contribution in [1.29, 1.82) is 0 Å². The van der Waals surface area contributed by atoms with Crippen LogP contribution in [0, 0.1) is 6.92 Å². The molecule has 7 heteroatoms. The molecule has 0 saturated heterocycles. The Morgan fingerprint density at radius 2 is 1.77 bits per heavy atom. The Hall–Kier alpha value is -4.13. The smallest absolute Gasteiger partial charge is 0.272 e. The van der Waals surface area contributed by atoms with Crippen molar-refractivity contribution in [2.75, 3.05) is 19.5 Å². The normalized spacial score (nSPS) is 10.9. The molecule has 3 rings (SSSR count). The molecule has 3 aromatic rings. The zero-order chi connectivity index (χ0) is 22.2. The van der Waals surface area contributed by atoms with Crippen molar-refractivity contribution in [2.24, 2.45) is 0 Å². The highest BCUT2D eigenvalue weighted by molar-refractivity contribution is 6.10. The molecule has 1 aromatic heterocycles. The van der Waals surface area contributed by atoms with Gasteiger partial charge in [-0.25, -0.2) is 0 Å². The molecular formula is C24H23N3O4. The SMILES string of the molecule is COc1ccc(C(=O)NC(=Cc2cccnc2)C(=O)Nc2cccc(C)c2)cc1OC. The molecule has 0 spiro atoms. The average Bonchev–Trinajstić information content (AvgIpc) is 2.78. The van der Waals surface area contributed by atoms with Gasteiger partial charge in [-0.2, -0.15) is 0 Å². The van der Waals surface area contributed by atoms with Crippen LogP contribution in [0.1, 0.15) is 21.5 Å². The molecule has 0 atom stereocenters. The number of carbonyl (C=O) groups is 2. The van der Waals surface area contributed by atoms with E-state index < -0.39 is 11.8 Å². The van der Waals surface area contributed by atoms with Crippen molar-refractivity contribution in [3.05, 3.63) is 89.4 Å². The van der Waals surface area contributed by atoms with Gasteiger partial charge in [-0.1, -0.05) is 18.2 Å². The summed E-state index contributed by atoms with van der Waals surface area (Å²) >= 11 is 0. The quantitative estimate of drug-likeness (QED) is 0.571. The highest BCUT2D eigenvalue weighted by Gasteiger charge is 2.17. The van der Waals surface area contributed by atoms with Crippen molar-refractivity contribution >= 4 is 23.6 Å². The Morgan fingerprint density at radius 3 is 2.45 bits per heavy atom. The van der Waals surface area contributed by atoms with E-state index in [-0.39, 0.29) is 5.70 Å². The molecular weight excluding hydrogens is 394 g/mol. The number of carbonyl (C=O) groups excluding carboxylic acids is 2. The van der Waals surface area contributed by atoms with Gasteiger partial charge in [-0.15, -0.1) is 0 Å². The van der Waals surface area contributed by atoms with Crippen LogP contribution in [-0.2, 0) is 4.79 Å². The van der Waals surface area contributed by atoms with Gasteiger partial charge in [0.05, 0.1) is 14.2 Å². The van der Waals surface area contributed by atoms with Crippen LogP contribution >= 0.6 is 0 Å². The summed E-state index contributed by atoms with van der Waals surface area (Å²) in [5.41, 5.74) is 2.70. The molecule has 0 saturated carbocycles. The molecule has 1 heterocycles. The van der Waals surface area contributed by atoms with Crippen molar-refractivity contribution in [3.63, 3.8) is 0 Å². The molecule has 0 radical (unpaired) electrons. The number of nitrogens with one attached hydrogen (secondary N) is 2. The van der Waals surface area contributed by atoms with Gasteiger partial charge in [0.15, 0.2) is 11.5 Å². The highest BCUT2D eigenvalue weighted by atomic mass is 16.5. The summed E-state index contributed by atoms with van der Waals surface area (Å²) < 4.78 is 10.5. The molecule has 158 valence electrons. The molecule has 7 nitrogen and oxygen atoms in total. The number of ether oxygens (including phenoxy) is 2. The maximum Gasteiger partial charge on any atom is 0.272 e. The Balaban J connectivity index is 1.88. The number of rotatable bonds is 7. The summed E-state index contributed by atoms with van der Waals surface area (Å²) in [6.07, 6.45) is 4.80. The number of anilines is 1. The first kappa shape index (κ1) is 21.6. The number of pyridine rings is 1. The number of hydrogen-bond acceptors (Lipinski definition) is 5. The third-order valence-electron chi connectivity index (χ3n) is 4.41. The van der Waals surface area contributed by atoms with E-state index in [0.29, 0.717) is 28.3 Å². The van der Waals surface area contributed by atoms with Crippen molar-refractivity contribution < 1.29 is 19.1 Å². The molecule has 0 aliphatic rings. The second kappa shape index (κ2) is 10.1. The largest absolute Gasteiger partial charge is 0.493 e. The van der Waals surface area contributed by atoms with E-state index in [0.717, 1.165) is 5.56 Å². The summed E-state index contributed by atoms with van der Waals surface area (Å²) in [6, 6.07) is 15.7. The lowest BCUT2D eigenvalue weighted by Gasteiger charge is -2.13. The van der Waals surface area contributed by atoms with E-state index in [2.05, 4.69) is 15.6 Å². The minimum atomic E-state index is -0.463. The molecule has 0 bridgehead atoms. The highest BCUT2D eigenvalue weighted by Crippen LogP contribution is 2.27. The summed E-state index contributed by atoms with van der Waals surface area (Å²) in [5, 5.41) is 5.50. The average molecular weight is 417 g/mol. The zero-order valence-electron chi connectivity index (χ0n) is 17.5. The predicted octanol–water partition coefficient (Wildman–Crippen LogP) is 3.82. The van der Waals surface area contributed by atoms with Crippen LogP contribution < -0.4 is 20.1 Å². The molecule has 31 heavy (non-hydrogen) atoms. The van der Waals surface area contributed by atoms with E-state index in [9.17, 15) is 9.59 Å². The van der Waals surface area contributed by atoms with Gasteiger partial charge in [-0.3, -0.25) is 14.6 Å². The third kappa shape index (κ3) is 5.70. The Morgan fingerprint density at radius 1 is 0.968 bits per heavy atom. The monoisotopic (exact) mass is 417 g/mol. The summed E-state index contributed by atoms with van der Waals surface area (Å²) in [4.78, 5) is 29.9. The fourth-order valence-electron chi connectivity index (χ4n) is 2.88. The van der Waals surface area contributed by atoms with Gasteiger partial charge >= 0.3 is 0 Å². The van der Waals surface area contributed by atoms with Gasteiger partial charge in [0, 0.05) is 23.6 Å². The van der Waals surface area contributed by atoms with Crippen LogP contribution in [0.25, 0.3) is 6.08 Å². The third-order valence-corrected chi connectivity index (χ3v) is 4.41. The van der Waals surface area contributed by atoms with Gasteiger partial charge in [0.25, 0.3) is 11.8 Å². The lowest BCUT2D eigenvalue weighted by molar-refractivity contribution is -0.113. The Bertz CT molecular complexity index is 1110. The number of hydrogen-bond donors (Lipinski definition) is 2. The number of aromatic nitrogens is 1. The van der Waals surface area contributed by atoms with Crippen LogP contribution in [-0.4, -0.2) is 31.0 Å². The van der Waals surface area contributed by atoms with Gasteiger partial charge < -0.3 is 20.1 Å². The number of amides is 2. The van der Waals surface area contributed by atoms with Gasteiger partial charge in [0.1, 0.15) is 5.70 Å². The maximum absolute atomic E-state index is 13.0. The van der Waals surface area contributed by atoms with Gasteiger partial charge in [0.2, 0.25) is 0 Å². The first-order chi connectivity index (χ1) is 15.0. The molecule has 2 aromatic carbocycles. The van der Waals surface area contributed by atoms with E-state index in [1.165, 1.54) is 14.2 Å². The molecule has 0 aliphatic heterocycles. The van der Waals surface area contributed by atoms with E-state index in [4.69, 9.17) is 9.47 Å². The predicted molar refractivity (Wildman–Crippen MR) is 119 cm³/mol. The fourth-order valence-corrected chi connectivity index (χ4v) is 2.88. The molecule has 0 unspecified atom stereocenters. The molecule has 0 fully saturated rings. The van der Waals surface area contributed by atoms with Crippen molar-refractivity contribution in [3.8, 4) is 11.5 Å². The standard InChI is InChI=1S/C24H23N3O4/c1-16-6-4-8-19(12-16)26-24(29)20(13-17-7-5-11-25-15-17)27-23(28)18-9-10-21(30-2)22(14-18)31-3/h4-15H,1-3H3,(H,26,29)(H,27,28). The Labute approximate surface area is 180 Å². The second-order valence-corrected chi connectivity index (χ2v) is 6.69. The van der Waals surface area contributed by atoms with Crippen LogP contribution in [0.5, 0.6) is 11.5 Å². The van der Waals surface area contributed by atoms with Crippen LogP contribution in [0.4, 0.5) is 5.69 Å². The molecule has 0 aliphatic carbocycles. The van der Waals surface area contributed by atoms with Crippen molar-refractivity contribution in [1.82, 2.24) is 10.3 Å². The minimum Gasteiger partial charge on any atom is -0.493 e. The summed E-state index contributed by atoms with van der Waals surface area (Å²) in [7, 11) is 3.00. The lowest BCUT2D eigenvalue weighted by atomic mass is 10.1. The summed E-state index contributed by atoms with van der Waals surface area (Å²) in [6.45, 7) is 1.93. The first-order valence-corrected chi connectivity index (χ1v) is 9.53. The van der Waals surface area contributed by atoms with Crippen LogP contribution in [0.2, 0.25) is 0 Å². The van der Waals surface area contributed by atoms with Gasteiger partial charge in [-0.05, 0) is 60.5 Å². The summed E-state index contributed by atoms with van der Waals surface area (Å²) in [5.74, 6) is -0.00159. The molecule has 2 amide bonds. The maximum atomic E-state index is 13.0. The minimum absolute atomic E-state index is 0.0780. The Kier molecular flexibility index (Phi) is 7.01. The van der Waals surface area contributed by atoms with Crippen molar-refractivity contribution in [2.45, 2.75) is 6.92 Å². The van der Waals surface area contributed by atoms with Crippen LogP contribution in [0.3, 0.4) is 0 Å². The second-order valence-electron chi connectivity index (χ2n) is 6.69. The topological polar surface area (TPSA) is 89.5 Å². The zero-order valence-corrected chi connectivity index (χ0v) is 17.5. The number of benzene rings is 2. The van der Waals surface area contributed by atoms with E-state index in [1.807, 2.05) is 25.1 Å². The van der Waals surface area contributed by atoms with E-state index >= 15 is 0 Å². The number of aryl methyl sites for hydroxylation is 1. The first-order valence-electron chi connectivity index (χ1n) is 9.53. The van der Waals surface area contributed by atoms with Crippen LogP contribution in [0.15, 0.2) is 72.7 Å². The molecule has 2 N–H and O–H groups in total. The number of methoxy groups -OCH3 is 2.